The van der Waals surface area contributed by atoms with Crippen LogP contribution >= 0.6 is 0 Å². The SMILES string of the molecule is Cc1ccc2c(CC(=O)N3CCN(c4ncccn4)CC3)coc2c1. The molecule has 2 aromatic heterocycles. The highest BCUT2D eigenvalue weighted by molar-refractivity contribution is 5.88. The lowest BCUT2D eigenvalue weighted by Gasteiger charge is -2.34. The van der Waals surface area contributed by atoms with Crippen molar-refractivity contribution in [1.29, 1.82) is 0 Å². The maximum atomic E-state index is 12.7. The fraction of sp³-hybridized carbons (Fsp3) is 0.316. The normalized spacial score (nSPS) is 14.9. The standard InChI is InChI=1S/C19H20N4O2/c1-14-3-4-16-15(13-25-17(16)11-14)12-18(24)22-7-9-23(10-8-22)19-20-5-2-6-21-19/h2-6,11,13H,7-10,12H2,1H3. The van der Waals surface area contributed by atoms with Gasteiger partial charge in [-0.15, -0.1) is 0 Å². The molecule has 1 aliphatic rings. The number of piperazine rings is 1. The molecule has 0 unspecified atom stereocenters. The van der Waals surface area contributed by atoms with E-state index in [-0.39, 0.29) is 5.91 Å². The van der Waals surface area contributed by atoms with Gasteiger partial charge in [0.1, 0.15) is 5.58 Å². The molecular formula is C19H20N4O2. The van der Waals surface area contributed by atoms with Gasteiger partial charge in [-0.3, -0.25) is 4.79 Å². The number of hydrogen-bond acceptors (Lipinski definition) is 5. The summed E-state index contributed by atoms with van der Waals surface area (Å²) < 4.78 is 5.60. The highest BCUT2D eigenvalue weighted by Gasteiger charge is 2.23. The van der Waals surface area contributed by atoms with Gasteiger partial charge < -0.3 is 14.2 Å². The second-order valence-electron chi connectivity index (χ2n) is 6.35. The van der Waals surface area contributed by atoms with Crippen molar-refractivity contribution in [3.05, 3.63) is 54.0 Å². The van der Waals surface area contributed by atoms with E-state index >= 15 is 0 Å². The van der Waals surface area contributed by atoms with Crippen LogP contribution in [-0.4, -0.2) is 47.0 Å². The first-order chi connectivity index (χ1) is 12.2. The largest absolute Gasteiger partial charge is 0.464 e. The molecule has 3 aromatic rings. The van der Waals surface area contributed by atoms with E-state index in [1.54, 1.807) is 24.7 Å². The Kier molecular flexibility index (Phi) is 4.09. The quantitative estimate of drug-likeness (QED) is 0.735. The van der Waals surface area contributed by atoms with Crippen LogP contribution in [0.5, 0.6) is 0 Å². The molecular weight excluding hydrogens is 316 g/mol. The van der Waals surface area contributed by atoms with Crippen LogP contribution in [0.2, 0.25) is 0 Å². The fourth-order valence-corrected chi connectivity index (χ4v) is 3.21. The summed E-state index contributed by atoms with van der Waals surface area (Å²) in [5.41, 5.74) is 2.95. The molecule has 1 aliphatic heterocycles. The van der Waals surface area contributed by atoms with Gasteiger partial charge in [0, 0.05) is 49.5 Å². The highest BCUT2D eigenvalue weighted by atomic mass is 16.3. The molecule has 0 aliphatic carbocycles. The van der Waals surface area contributed by atoms with Gasteiger partial charge in [-0.25, -0.2) is 9.97 Å². The minimum Gasteiger partial charge on any atom is -0.464 e. The zero-order valence-corrected chi connectivity index (χ0v) is 14.2. The van der Waals surface area contributed by atoms with Gasteiger partial charge >= 0.3 is 0 Å². The van der Waals surface area contributed by atoms with Crippen LogP contribution in [0.25, 0.3) is 11.0 Å². The molecule has 0 N–H and O–H groups in total. The average molecular weight is 336 g/mol. The summed E-state index contributed by atoms with van der Waals surface area (Å²) in [5, 5.41) is 1.02. The van der Waals surface area contributed by atoms with Gasteiger partial charge in [-0.1, -0.05) is 12.1 Å². The van der Waals surface area contributed by atoms with E-state index in [9.17, 15) is 4.79 Å². The summed E-state index contributed by atoms with van der Waals surface area (Å²) in [5.74, 6) is 0.864. The second-order valence-corrected chi connectivity index (χ2v) is 6.35. The number of anilines is 1. The molecule has 0 radical (unpaired) electrons. The van der Waals surface area contributed by atoms with Crippen molar-refractivity contribution in [2.45, 2.75) is 13.3 Å². The lowest BCUT2D eigenvalue weighted by atomic mass is 10.1. The number of aryl methyl sites for hydroxylation is 1. The minimum atomic E-state index is 0.136. The number of carbonyl (C=O) groups is 1. The fourth-order valence-electron chi connectivity index (χ4n) is 3.21. The number of rotatable bonds is 3. The number of benzene rings is 1. The third-order valence-corrected chi connectivity index (χ3v) is 4.62. The van der Waals surface area contributed by atoms with Crippen molar-refractivity contribution in [3.8, 4) is 0 Å². The first-order valence-corrected chi connectivity index (χ1v) is 8.47. The Balaban J connectivity index is 1.40. The first kappa shape index (κ1) is 15.6. The molecule has 6 nitrogen and oxygen atoms in total. The highest BCUT2D eigenvalue weighted by Crippen LogP contribution is 2.23. The van der Waals surface area contributed by atoms with Crippen molar-refractivity contribution in [2.75, 3.05) is 31.1 Å². The summed E-state index contributed by atoms with van der Waals surface area (Å²) >= 11 is 0. The third kappa shape index (κ3) is 3.20. The number of carbonyl (C=O) groups excluding carboxylic acids is 1. The van der Waals surface area contributed by atoms with Crippen LogP contribution in [0.3, 0.4) is 0 Å². The lowest BCUT2D eigenvalue weighted by molar-refractivity contribution is -0.130. The number of nitrogens with zero attached hydrogens (tertiary/aromatic N) is 4. The van der Waals surface area contributed by atoms with Gasteiger partial charge in [0.25, 0.3) is 0 Å². The number of hydrogen-bond donors (Lipinski definition) is 0. The molecule has 1 aromatic carbocycles. The van der Waals surface area contributed by atoms with Gasteiger partial charge in [0.05, 0.1) is 12.7 Å². The van der Waals surface area contributed by atoms with Crippen LogP contribution in [-0.2, 0) is 11.2 Å². The molecule has 0 bridgehead atoms. The topological polar surface area (TPSA) is 62.5 Å². The Morgan fingerprint density at radius 1 is 1.16 bits per heavy atom. The van der Waals surface area contributed by atoms with E-state index in [4.69, 9.17) is 4.42 Å². The molecule has 128 valence electrons. The van der Waals surface area contributed by atoms with E-state index in [1.807, 2.05) is 30.0 Å². The van der Waals surface area contributed by atoms with Crippen LogP contribution < -0.4 is 4.90 Å². The second kappa shape index (κ2) is 6.55. The molecule has 1 saturated heterocycles. The summed E-state index contributed by atoms with van der Waals surface area (Å²) in [6.07, 6.45) is 5.56. The molecule has 25 heavy (non-hydrogen) atoms. The smallest absolute Gasteiger partial charge is 0.227 e. The molecule has 0 atom stereocenters. The molecule has 3 heterocycles. The first-order valence-electron chi connectivity index (χ1n) is 8.47. The van der Waals surface area contributed by atoms with E-state index in [0.717, 1.165) is 41.1 Å². The third-order valence-electron chi connectivity index (χ3n) is 4.62. The lowest BCUT2D eigenvalue weighted by Crippen LogP contribution is -2.49. The molecule has 0 spiro atoms. The van der Waals surface area contributed by atoms with E-state index in [2.05, 4.69) is 14.9 Å². The summed E-state index contributed by atoms with van der Waals surface area (Å²) in [7, 11) is 0. The van der Waals surface area contributed by atoms with Gasteiger partial charge in [-0.2, -0.15) is 0 Å². The van der Waals surface area contributed by atoms with E-state index in [1.165, 1.54) is 0 Å². The van der Waals surface area contributed by atoms with Crippen molar-refractivity contribution < 1.29 is 9.21 Å². The van der Waals surface area contributed by atoms with E-state index in [0.29, 0.717) is 19.5 Å². The van der Waals surface area contributed by atoms with Crippen LogP contribution in [0.4, 0.5) is 5.95 Å². The van der Waals surface area contributed by atoms with Gasteiger partial charge in [0.15, 0.2) is 0 Å². The maximum absolute atomic E-state index is 12.7. The molecule has 6 heteroatoms. The van der Waals surface area contributed by atoms with Gasteiger partial charge in [-0.05, 0) is 24.6 Å². The Bertz CT molecular complexity index is 883. The maximum Gasteiger partial charge on any atom is 0.227 e. The molecule has 1 amide bonds. The summed E-state index contributed by atoms with van der Waals surface area (Å²) in [4.78, 5) is 25.2. The number of amides is 1. The zero-order chi connectivity index (χ0) is 17.2. The Labute approximate surface area is 146 Å². The number of fused-ring (bicyclic) bond motifs is 1. The molecule has 0 saturated carbocycles. The van der Waals surface area contributed by atoms with Crippen LogP contribution in [0, 0.1) is 6.92 Å². The van der Waals surface area contributed by atoms with Crippen LogP contribution in [0.1, 0.15) is 11.1 Å². The predicted octanol–water partition coefficient (Wildman–Crippen LogP) is 2.42. The van der Waals surface area contributed by atoms with E-state index < -0.39 is 0 Å². The minimum absolute atomic E-state index is 0.136. The number of aromatic nitrogens is 2. The summed E-state index contributed by atoms with van der Waals surface area (Å²) in [6.45, 7) is 4.91. The summed E-state index contributed by atoms with van der Waals surface area (Å²) in [6, 6.07) is 7.88. The number of furan rings is 1. The van der Waals surface area contributed by atoms with Crippen molar-refractivity contribution >= 4 is 22.8 Å². The predicted molar refractivity (Wildman–Crippen MR) is 95.5 cm³/mol. The Hall–Kier alpha value is -2.89. The molecule has 1 fully saturated rings. The van der Waals surface area contributed by atoms with Crippen molar-refractivity contribution in [1.82, 2.24) is 14.9 Å². The average Bonchev–Trinajstić information content (AvgIpc) is 3.04. The zero-order valence-electron chi connectivity index (χ0n) is 14.2. The Morgan fingerprint density at radius 3 is 2.68 bits per heavy atom. The Morgan fingerprint density at radius 2 is 1.92 bits per heavy atom. The van der Waals surface area contributed by atoms with Crippen molar-refractivity contribution in [3.63, 3.8) is 0 Å². The van der Waals surface area contributed by atoms with Crippen LogP contribution in [0.15, 0.2) is 47.3 Å². The molecule has 4 rings (SSSR count). The van der Waals surface area contributed by atoms with Crippen molar-refractivity contribution in [2.24, 2.45) is 0 Å². The monoisotopic (exact) mass is 336 g/mol. The van der Waals surface area contributed by atoms with Gasteiger partial charge in [0.2, 0.25) is 11.9 Å².